The molecule has 21 heavy (non-hydrogen) atoms. The summed E-state index contributed by atoms with van der Waals surface area (Å²) in [4.78, 5) is 28.0. The fourth-order valence-electron chi connectivity index (χ4n) is 2.82. The lowest BCUT2D eigenvalue weighted by Crippen LogP contribution is -2.55. The Morgan fingerprint density at radius 2 is 2.19 bits per heavy atom. The van der Waals surface area contributed by atoms with E-state index in [-0.39, 0.29) is 31.5 Å². The van der Waals surface area contributed by atoms with Crippen LogP contribution < -0.4 is 5.32 Å². The van der Waals surface area contributed by atoms with E-state index >= 15 is 0 Å². The summed E-state index contributed by atoms with van der Waals surface area (Å²) in [5.41, 5.74) is -0.847. The summed E-state index contributed by atoms with van der Waals surface area (Å²) in [5.74, 6) is -1.64. The highest BCUT2D eigenvalue weighted by atomic mass is 19.4. The van der Waals surface area contributed by atoms with Gasteiger partial charge in [-0.2, -0.15) is 13.2 Å². The molecule has 1 N–H and O–H groups in total. The summed E-state index contributed by atoms with van der Waals surface area (Å²) in [7, 11) is 0. The molecule has 0 aromatic carbocycles. The summed E-state index contributed by atoms with van der Waals surface area (Å²) >= 11 is 0. The highest BCUT2D eigenvalue weighted by molar-refractivity contribution is 6.08. The Kier molecular flexibility index (Phi) is 3.19. The van der Waals surface area contributed by atoms with Crippen LogP contribution >= 0.6 is 0 Å². The van der Waals surface area contributed by atoms with Crippen molar-refractivity contribution < 1.29 is 27.5 Å². The van der Waals surface area contributed by atoms with Gasteiger partial charge in [0.1, 0.15) is 5.84 Å². The number of nitrogens with one attached hydrogen (secondary N) is 1. The highest BCUT2D eigenvalue weighted by Crippen LogP contribution is 2.30. The SMILES string of the molecule is O=C(N1CC(CC2=NC3(CCOC3)C(=O)N2)C1)C(F)(F)F. The van der Waals surface area contributed by atoms with E-state index in [4.69, 9.17) is 4.74 Å². The Morgan fingerprint density at radius 3 is 2.76 bits per heavy atom. The van der Waals surface area contributed by atoms with Crippen LogP contribution in [0.15, 0.2) is 4.99 Å². The van der Waals surface area contributed by atoms with Gasteiger partial charge < -0.3 is 15.0 Å². The first kappa shape index (κ1) is 14.3. The number of ether oxygens (including phenoxy) is 1. The zero-order valence-corrected chi connectivity index (χ0v) is 11.1. The molecule has 2 fully saturated rings. The van der Waals surface area contributed by atoms with E-state index in [1.807, 2.05) is 0 Å². The molecular formula is C12H14F3N3O3. The van der Waals surface area contributed by atoms with Crippen LogP contribution in [-0.4, -0.2) is 60.6 Å². The summed E-state index contributed by atoms with van der Waals surface area (Å²) in [6.45, 7) is 0.792. The molecule has 1 unspecified atom stereocenters. The molecule has 2 saturated heterocycles. The fourth-order valence-corrected chi connectivity index (χ4v) is 2.82. The number of carbonyl (C=O) groups excluding carboxylic acids is 2. The number of amides is 2. The first-order chi connectivity index (χ1) is 9.80. The van der Waals surface area contributed by atoms with Crippen LogP contribution in [0.3, 0.4) is 0 Å². The first-order valence-corrected chi connectivity index (χ1v) is 6.64. The van der Waals surface area contributed by atoms with Crippen LogP contribution in [0, 0.1) is 5.92 Å². The minimum atomic E-state index is -4.82. The zero-order valence-electron chi connectivity index (χ0n) is 11.1. The van der Waals surface area contributed by atoms with Crippen LogP contribution in [-0.2, 0) is 14.3 Å². The summed E-state index contributed by atoms with van der Waals surface area (Å²) in [6, 6.07) is 0. The number of amidine groups is 1. The number of halogens is 3. The smallest absolute Gasteiger partial charge is 0.378 e. The van der Waals surface area contributed by atoms with Gasteiger partial charge in [0.05, 0.1) is 6.61 Å². The lowest BCUT2D eigenvalue weighted by Gasteiger charge is -2.39. The monoisotopic (exact) mass is 305 g/mol. The van der Waals surface area contributed by atoms with Crippen LogP contribution in [0.1, 0.15) is 12.8 Å². The standard InChI is InChI=1S/C12H14F3N3O3/c13-12(14,15)10(20)18-4-7(5-18)3-8-16-9(19)11(17-8)1-2-21-6-11/h7H,1-6H2,(H,16,17,19). The molecular weight excluding hydrogens is 291 g/mol. The number of likely N-dealkylation sites (tertiary alicyclic amines) is 1. The Labute approximate surface area is 118 Å². The number of nitrogens with zero attached hydrogens (tertiary/aromatic N) is 2. The van der Waals surface area contributed by atoms with Crippen molar-refractivity contribution in [1.82, 2.24) is 10.2 Å². The number of hydrogen-bond donors (Lipinski definition) is 1. The summed E-state index contributed by atoms with van der Waals surface area (Å²) in [5, 5.41) is 2.67. The predicted octanol–water partition coefficient (Wildman–Crippen LogP) is 0.0846. The highest BCUT2D eigenvalue weighted by Gasteiger charge is 2.49. The van der Waals surface area contributed by atoms with Crippen LogP contribution in [0.4, 0.5) is 13.2 Å². The maximum atomic E-state index is 12.2. The second-order valence-corrected chi connectivity index (χ2v) is 5.62. The van der Waals surface area contributed by atoms with Crippen molar-refractivity contribution in [3.8, 4) is 0 Å². The molecule has 2 amide bonds. The number of aliphatic imine (C=N–C) groups is 1. The molecule has 0 bridgehead atoms. The van der Waals surface area contributed by atoms with Gasteiger partial charge in [-0.1, -0.05) is 0 Å². The number of alkyl halides is 3. The average Bonchev–Trinajstić information content (AvgIpc) is 2.91. The van der Waals surface area contributed by atoms with Crippen LogP contribution in [0.5, 0.6) is 0 Å². The van der Waals surface area contributed by atoms with Crippen molar-refractivity contribution >= 4 is 17.6 Å². The van der Waals surface area contributed by atoms with Crippen molar-refractivity contribution in [3.05, 3.63) is 0 Å². The number of rotatable bonds is 2. The van der Waals surface area contributed by atoms with Crippen LogP contribution in [0.25, 0.3) is 0 Å². The van der Waals surface area contributed by atoms with Gasteiger partial charge in [0.15, 0.2) is 5.54 Å². The van der Waals surface area contributed by atoms with Gasteiger partial charge in [0.2, 0.25) is 0 Å². The molecule has 0 saturated carbocycles. The van der Waals surface area contributed by atoms with E-state index in [1.165, 1.54) is 0 Å². The third-order valence-corrected chi connectivity index (χ3v) is 4.00. The molecule has 6 nitrogen and oxygen atoms in total. The molecule has 1 spiro atoms. The Bertz CT molecular complexity index is 506. The average molecular weight is 305 g/mol. The lowest BCUT2D eigenvalue weighted by atomic mass is 9.95. The number of carbonyl (C=O) groups is 2. The van der Waals surface area contributed by atoms with Gasteiger partial charge in [-0.25, -0.2) is 0 Å². The van der Waals surface area contributed by atoms with Crippen molar-refractivity contribution in [2.75, 3.05) is 26.3 Å². The molecule has 3 aliphatic rings. The van der Waals surface area contributed by atoms with Crippen molar-refractivity contribution in [2.45, 2.75) is 24.6 Å². The van der Waals surface area contributed by atoms with Gasteiger partial charge in [0.25, 0.3) is 5.91 Å². The molecule has 3 aliphatic heterocycles. The number of hydrogen-bond acceptors (Lipinski definition) is 4. The second-order valence-electron chi connectivity index (χ2n) is 5.62. The molecule has 9 heteroatoms. The maximum Gasteiger partial charge on any atom is 0.471 e. The molecule has 0 aromatic rings. The van der Waals surface area contributed by atoms with Crippen molar-refractivity contribution in [3.63, 3.8) is 0 Å². The van der Waals surface area contributed by atoms with E-state index in [0.717, 1.165) is 4.90 Å². The largest absolute Gasteiger partial charge is 0.471 e. The third-order valence-electron chi connectivity index (χ3n) is 4.00. The molecule has 1 atom stereocenters. The topological polar surface area (TPSA) is 71.0 Å². The van der Waals surface area contributed by atoms with E-state index in [1.54, 1.807) is 0 Å². The molecule has 0 aromatic heterocycles. The molecule has 3 heterocycles. The van der Waals surface area contributed by atoms with E-state index in [2.05, 4.69) is 10.3 Å². The minimum absolute atomic E-state index is 0.0384. The minimum Gasteiger partial charge on any atom is -0.378 e. The van der Waals surface area contributed by atoms with E-state index in [9.17, 15) is 22.8 Å². The first-order valence-electron chi connectivity index (χ1n) is 6.64. The molecule has 116 valence electrons. The normalized spacial score (nSPS) is 29.6. The molecule has 0 aliphatic carbocycles. The maximum absolute atomic E-state index is 12.2. The fraction of sp³-hybridized carbons (Fsp3) is 0.750. The van der Waals surface area contributed by atoms with Gasteiger partial charge in [-0.3, -0.25) is 14.6 Å². The lowest BCUT2D eigenvalue weighted by molar-refractivity contribution is -0.191. The van der Waals surface area contributed by atoms with Crippen molar-refractivity contribution in [2.24, 2.45) is 10.9 Å². The van der Waals surface area contributed by atoms with E-state index < -0.39 is 17.6 Å². The summed E-state index contributed by atoms with van der Waals surface area (Å²) < 4.78 is 41.8. The van der Waals surface area contributed by atoms with Gasteiger partial charge in [0, 0.05) is 38.5 Å². The van der Waals surface area contributed by atoms with E-state index in [0.29, 0.717) is 25.3 Å². The Balaban J connectivity index is 1.54. The Hall–Kier alpha value is -1.64. The predicted molar refractivity (Wildman–Crippen MR) is 64.5 cm³/mol. The van der Waals surface area contributed by atoms with Crippen LogP contribution in [0.2, 0.25) is 0 Å². The second kappa shape index (κ2) is 4.69. The van der Waals surface area contributed by atoms with Gasteiger partial charge in [-0.15, -0.1) is 0 Å². The molecule has 0 radical (unpaired) electrons. The quantitative estimate of drug-likeness (QED) is 0.786. The van der Waals surface area contributed by atoms with Gasteiger partial charge >= 0.3 is 12.1 Å². The van der Waals surface area contributed by atoms with Crippen molar-refractivity contribution in [1.29, 1.82) is 0 Å². The third kappa shape index (κ3) is 2.50. The molecule has 3 rings (SSSR count). The Morgan fingerprint density at radius 1 is 1.48 bits per heavy atom. The zero-order chi connectivity index (χ0) is 15.3. The van der Waals surface area contributed by atoms with Gasteiger partial charge in [-0.05, 0) is 0 Å². The summed E-state index contributed by atoms with van der Waals surface area (Å²) in [6.07, 6.45) is -3.93.